The number of nitrogens with one attached hydrogen (secondary N) is 1. The highest BCUT2D eigenvalue weighted by atomic mass is 32.2. The number of β-amino-alcohol motifs (C(OH)–C–C–N with tert-alkyl or cyclic N) is 1. The van der Waals surface area contributed by atoms with E-state index < -0.39 is 16.1 Å². The van der Waals surface area contributed by atoms with Crippen LogP contribution in [0.2, 0.25) is 0 Å². The minimum atomic E-state index is -3.27. The molecule has 0 aromatic carbocycles. The van der Waals surface area contributed by atoms with Gasteiger partial charge in [-0.1, -0.05) is 27.2 Å². The van der Waals surface area contributed by atoms with Crippen LogP contribution in [0.1, 0.15) is 40.0 Å². The van der Waals surface area contributed by atoms with Crippen LogP contribution in [0.25, 0.3) is 0 Å². The van der Waals surface area contributed by atoms with Crippen LogP contribution in [-0.2, 0) is 10.0 Å². The Bertz CT molecular complexity index is 365. The molecule has 0 amide bonds. The van der Waals surface area contributed by atoms with E-state index in [-0.39, 0.29) is 18.2 Å². The molecule has 0 saturated carbocycles. The number of hydrogen-bond acceptors (Lipinski definition) is 4. The Hall–Kier alpha value is -0.170. The van der Waals surface area contributed by atoms with Crippen LogP contribution in [0.3, 0.4) is 0 Å². The predicted molar refractivity (Wildman–Crippen MR) is 82.1 cm³/mol. The molecule has 6 heteroatoms. The summed E-state index contributed by atoms with van der Waals surface area (Å²) in [6, 6.07) is 0. The van der Waals surface area contributed by atoms with Crippen LogP contribution in [0.4, 0.5) is 0 Å². The highest BCUT2D eigenvalue weighted by molar-refractivity contribution is 7.89. The number of sulfonamides is 1. The molecule has 2 unspecified atom stereocenters. The lowest BCUT2D eigenvalue weighted by Gasteiger charge is -2.31. The maximum Gasteiger partial charge on any atom is 0.211 e. The molecule has 5 nitrogen and oxygen atoms in total. The molecular weight excluding hydrogens is 276 g/mol. The molecule has 0 aliphatic carbocycles. The summed E-state index contributed by atoms with van der Waals surface area (Å²) in [7, 11) is -3.27. The van der Waals surface area contributed by atoms with Crippen LogP contribution < -0.4 is 4.72 Å². The van der Waals surface area contributed by atoms with E-state index in [0.717, 1.165) is 38.3 Å². The summed E-state index contributed by atoms with van der Waals surface area (Å²) in [4.78, 5) is 2.22. The number of aliphatic hydroxyl groups excluding tert-OH is 1. The second kappa shape index (κ2) is 8.32. The van der Waals surface area contributed by atoms with Crippen molar-refractivity contribution in [2.75, 3.05) is 31.9 Å². The van der Waals surface area contributed by atoms with Crippen LogP contribution in [-0.4, -0.2) is 56.5 Å². The van der Waals surface area contributed by atoms with Crippen molar-refractivity contribution in [2.24, 2.45) is 11.8 Å². The average Bonchev–Trinajstić information content (AvgIpc) is 2.39. The zero-order chi connectivity index (χ0) is 15.2. The number of hydrogen-bond donors (Lipinski definition) is 2. The van der Waals surface area contributed by atoms with E-state index in [1.54, 1.807) is 0 Å². The molecule has 2 N–H and O–H groups in total. The van der Waals surface area contributed by atoms with E-state index in [1.165, 1.54) is 0 Å². The van der Waals surface area contributed by atoms with Crippen molar-refractivity contribution in [3.8, 4) is 0 Å². The van der Waals surface area contributed by atoms with Gasteiger partial charge in [0.05, 0.1) is 11.9 Å². The van der Waals surface area contributed by atoms with Crippen molar-refractivity contribution in [3.05, 3.63) is 0 Å². The highest BCUT2D eigenvalue weighted by Crippen LogP contribution is 2.15. The first-order chi connectivity index (χ1) is 9.32. The Morgan fingerprint density at radius 2 is 1.95 bits per heavy atom. The van der Waals surface area contributed by atoms with E-state index >= 15 is 0 Å². The Balaban J connectivity index is 2.27. The summed E-state index contributed by atoms with van der Waals surface area (Å²) in [5.74, 6) is 1.04. The Morgan fingerprint density at radius 1 is 1.35 bits per heavy atom. The molecule has 1 aliphatic heterocycles. The van der Waals surface area contributed by atoms with Crippen LogP contribution >= 0.6 is 0 Å². The Labute approximate surface area is 123 Å². The molecule has 0 aromatic heterocycles. The van der Waals surface area contributed by atoms with Gasteiger partial charge in [-0.25, -0.2) is 13.1 Å². The van der Waals surface area contributed by atoms with Gasteiger partial charge in [0.25, 0.3) is 0 Å². The van der Waals surface area contributed by atoms with Crippen molar-refractivity contribution >= 4 is 10.0 Å². The molecule has 120 valence electrons. The summed E-state index contributed by atoms with van der Waals surface area (Å²) >= 11 is 0. The van der Waals surface area contributed by atoms with E-state index in [9.17, 15) is 13.5 Å². The lowest BCUT2D eigenvalue weighted by molar-refractivity contribution is 0.0942. The van der Waals surface area contributed by atoms with Gasteiger partial charge in [-0.05, 0) is 37.8 Å². The van der Waals surface area contributed by atoms with Crippen molar-refractivity contribution in [2.45, 2.75) is 46.1 Å². The molecule has 0 spiro atoms. The predicted octanol–water partition coefficient (Wildman–Crippen LogP) is 1.04. The lowest BCUT2D eigenvalue weighted by atomic mass is 9.99. The molecule has 1 rings (SSSR count). The van der Waals surface area contributed by atoms with E-state index in [1.807, 2.05) is 13.8 Å². The third-order valence-corrected chi connectivity index (χ3v) is 5.70. The second-order valence-corrected chi connectivity index (χ2v) is 8.13. The molecule has 1 heterocycles. The fourth-order valence-corrected chi connectivity index (χ4v) is 3.93. The number of piperidine rings is 1. The Kier molecular flexibility index (Phi) is 7.43. The van der Waals surface area contributed by atoms with E-state index in [4.69, 9.17) is 0 Å². The van der Waals surface area contributed by atoms with Crippen LogP contribution in [0.5, 0.6) is 0 Å². The van der Waals surface area contributed by atoms with Crippen LogP contribution in [0.15, 0.2) is 0 Å². The van der Waals surface area contributed by atoms with Crippen molar-refractivity contribution in [3.63, 3.8) is 0 Å². The molecular formula is C14H30N2O3S. The topological polar surface area (TPSA) is 69.6 Å². The molecule has 1 aliphatic rings. The molecule has 0 aromatic rings. The smallest absolute Gasteiger partial charge is 0.211 e. The van der Waals surface area contributed by atoms with Gasteiger partial charge < -0.3 is 10.0 Å². The fraction of sp³-hybridized carbons (Fsp3) is 1.00. The van der Waals surface area contributed by atoms with Crippen molar-refractivity contribution in [1.29, 1.82) is 0 Å². The minimum absolute atomic E-state index is 0.116. The number of nitrogens with zero attached hydrogens (tertiary/aromatic N) is 1. The molecule has 2 atom stereocenters. The van der Waals surface area contributed by atoms with Gasteiger partial charge >= 0.3 is 0 Å². The van der Waals surface area contributed by atoms with Gasteiger partial charge in [-0.15, -0.1) is 0 Å². The standard InChI is InChI=1S/C14H30N2O3S/c1-4-12(2)11-20(18,19)15-9-14(17)10-16-7-5-13(3)6-8-16/h12-15,17H,4-11H2,1-3H3. The van der Waals surface area contributed by atoms with Gasteiger partial charge in [0.2, 0.25) is 10.0 Å². The molecule has 0 radical (unpaired) electrons. The summed E-state index contributed by atoms with van der Waals surface area (Å²) in [5, 5.41) is 9.95. The van der Waals surface area contributed by atoms with Crippen molar-refractivity contribution in [1.82, 2.24) is 9.62 Å². The zero-order valence-electron chi connectivity index (χ0n) is 13.0. The summed E-state index contributed by atoms with van der Waals surface area (Å²) in [6.07, 6.45) is 2.53. The minimum Gasteiger partial charge on any atom is -0.390 e. The maximum atomic E-state index is 11.8. The van der Waals surface area contributed by atoms with E-state index in [0.29, 0.717) is 6.54 Å². The average molecular weight is 306 g/mol. The van der Waals surface area contributed by atoms with Gasteiger partial charge in [-0.3, -0.25) is 0 Å². The quantitative estimate of drug-likeness (QED) is 0.703. The molecule has 1 fully saturated rings. The van der Waals surface area contributed by atoms with Gasteiger partial charge in [-0.2, -0.15) is 0 Å². The number of likely N-dealkylation sites (tertiary alicyclic amines) is 1. The second-order valence-electron chi connectivity index (χ2n) is 6.28. The normalized spacial score (nSPS) is 21.8. The summed E-state index contributed by atoms with van der Waals surface area (Å²) in [5.41, 5.74) is 0. The monoisotopic (exact) mass is 306 g/mol. The van der Waals surface area contributed by atoms with E-state index in [2.05, 4.69) is 16.5 Å². The van der Waals surface area contributed by atoms with Gasteiger partial charge in [0.15, 0.2) is 0 Å². The molecule has 1 saturated heterocycles. The fourth-order valence-electron chi connectivity index (χ4n) is 2.38. The van der Waals surface area contributed by atoms with Gasteiger partial charge in [0, 0.05) is 13.1 Å². The Morgan fingerprint density at radius 3 is 2.50 bits per heavy atom. The van der Waals surface area contributed by atoms with Crippen molar-refractivity contribution < 1.29 is 13.5 Å². The van der Waals surface area contributed by atoms with Gasteiger partial charge in [0.1, 0.15) is 0 Å². The molecule has 0 bridgehead atoms. The zero-order valence-corrected chi connectivity index (χ0v) is 13.8. The summed E-state index contributed by atoms with van der Waals surface area (Å²) < 4.78 is 26.1. The van der Waals surface area contributed by atoms with Crippen LogP contribution in [0, 0.1) is 11.8 Å². The first-order valence-electron chi connectivity index (χ1n) is 7.70. The number of aliphatic hydroxyl groups is 1. The molecule has 20 heavy (non-hydrogen) atoms. The maximum absolute atomic E-state index is 11.8. The SMILES string of the molecule is CCC(C)CS(=O)(=O)NCC(O)CN1CCC(C)CC1. The first kappa shape index (κ1) is 17.9. The third kappa shape index (κ3) is 7.02. The largest absolute Gasteiger partial charge is 0.390 e. The highest BCUT2D eigenvalue weighted by Gasteiger charge is 2.20. The lowest BCUT2D eigenvalue weighted by Crippen LogP contribution is -2.43. The summed E-state index contributed by atoms with van der Waals surface area (Å²) in [6.45, 7) is 8.81. The first-order valence-corrected chi connectivity index (χ1v) is 9.35. The third-order valence-electron chi connectivity index (χ3n) is 4.08. The number of rotatable bonds is 8.